The number of rotatable bonds is 1. The third-order valence-electron chi connectivity index (χ3n) is 4.10. The van der Waals surface area contributed by atoms with Crippen LogP contribution in [0.2, 0.25) is 0 Å². The van der Waals surface area contributed by atoms with Crippen LogP contribution in [0.3, 0.4) is 0 Å². The molecule has 98 valence electrons. The zero-order valence-electron chi connectivity index (χ0n) is 11.6. The molecule has 0 bridgehead atoms. The van der Waals surface area contributed by atoms with Gasteiger partial charge in [-0.3, -0.25) is 4.79 Å². The highest BCUT2D eigenvalue weighted by Crippen LogP contribution is 2.45. The lowest BCUT2D eigenvalue weighted by Crippen LogP contribution is -2.47. The van der Waals surface area contributed by atoms with Crippen LogP contribution in [0, 0.1) is 5.92 Å². The van der Waals surface area contributed by atoms with Crippen LogP contribution >= 0.6 is 0 Å². The number of hydrogen-bond donors (Lipinski definition) is 0. The minimum atomic E-state index is -0.0256. The molecule has 1 amide bonds. The number of benzene rings is 1. The standard InChI is InChI=1S/C17H19NO/c1-11(2)18-15-10-5-4-8-13(15)14-9-6-7-12(3)16(14)17(18)19/h4-11,14,16H,1-3H3/t14-,16-/m1/s1. The SMILES string of the molecule is CC1=CC=C[C@@H]2c3ccccc3N(C(C)C)C(=O)[C@H]12. The van der Waals surface area contributed by atoms with Crippen molar-refractivity contribution in [1.82, 2.24) is 0 Å². The summed E-state index contributed by atoms with van der Waals surface area (Å²) in [6, 6.07) is 8.47. The molecule has 0 fully saturated rings. The summed E-state index contributed by atoms with van der Waals surface area (Å²) in [7, 11) is 0. The van der Waals surface area contributed by atoms with Crippen molar-refractivity contribution < 1.29 is 4.79 Å². The number of nitrogens with zero attached hydrogens (tertiary/aromatic N) is 1. The Morgan fingerprint density at radius 3 is 2.68 bits per heavy atom. The zero-order valence-corrected chi connectivity index (χ0v) is 11.6. The molecule has 3 rings (SSSR count). The van der Waals surface area contributed by atoms with Crippen molar-refractivity contribution in [3.05, 3.63) is 53.6 Å². The summed E-state index contributed by atoms with van der Waals surface area (Å²) in [6.45, 7) is 6.21. The molecule has 0 unspecified atom stereocenters. The summed E-state index contributed by atoms with van der Waals surface area (Å²) < 4.78 is 0. The fourth-order valence-electron chi connectivity index (χ4n) is 3.25. The van der Waals surface area contributed by atoms with Gasteiger partial charge in [-0.05, 0) is 32.4 Å². The van der Waals surface area contributed by atoms with Crippen LogP contribution in [0.15, 0.2) is 48.1 Å². The minimum absolute atomic E-state index is 0.0256. The van der Waals surface area contributed by atoms with Gasteiger partial charge in [0.1, 0.15) is 0 Å². The fourth-order valence-corrected chi connectivity index (χ4v) is 3.25. The van der Waals surface area contributed by atoms with Crippen LogP contribution in [0.25, 0.3) is 0 Å². The third-order valence-corrected chi connectivity index (χ3v) is 4.10. The van der Waals surface area contributed by atoms with Gasteiger partial charge in [0.2, 0.25) is 5.91 Å². The van der Waals surface area contributed by atoms with Crippen LogP contribution in [-0.4, -0.2) is 11.9 Å². The van der Waals surface area contributed by atoms with Crippen molar-refractivity contribution in [2.24, 2.45) is 5.92 Å². The van der Waals surface area contributed by atoms with Gasteiger partial charge in [0.15, 0.2) is 0 Å². The highest BCUT2D eigenvalue weighted by Gasteiger charge is 2.41. The van der Waals surface area contributed by atoms with E-state index in [0.29, 0.717) is 0 Å². The molecule has 1 aromatic carbocycles. The molecule has 0 radical (unpaired) electrons. The number of carbonyl (C=O) groups is 1. The van der Waals surface area contributed by atoms with Gasteiger partial charge in [-0.15, -0.1) is 0 Å². The molecule has 19 heavy (non-hydrogen) atoms. The van der Waals surface area contributed by atoms with Crippen LogP contribution in [-0.2, 0) is 4.79 Å². The van der Waals surface area contributed by atoms with Crippen molar-refractivity contribution in [1.29, 1.82) is 0 Å². The van der Waals surface area contributed by atoms with E-state index >= 15 is 0 Å². The van der Waals surface area contributed by atoms with Crippen LogP contribution < -0.4 is 4.90 Å². The van der Waals surface area contributed by atoms with Crippen LogP contribution in [0.5, 0.6) is 0 Å². The molecule has 1 aromatic rings. The van der Waals surface area contributed by atoms with Crippen molar-refractivity contribution in [2.45, 2.75) is 32.7 Å². The average Bonchev–Trinajstić information content (AvgIpc) is 2.38. The predicted molar refractivity (Wildman–Crippen MR) is 78.2 cm³/mol. The number of allylic oxidation sites excluding steroid dienone is 3. The normalized spacial score (nSPS) is 25.2. The number of anilines is 1. The quantitative estimate of drug-likeness (QED) is 0.748. The molecule has 1 heterocycles. The predicted octanol–water partition coefficient (Wildman–Crippen LogP) is 3.66. The van der Waals surface area contributed by atoms with Gasteiger partial charge < -0.3 is 4.90 Å². The Hall–Kier alpha value is -1.83. The van der Waals surface area contributed by atoms with Gasteiger partial charge in [-0.25, -0.2) is 0 Å². The largest absolute Gasteiger partial charge is 0.309 e. The second kappa shape index (κ2) is 4.37. The maximum atomic E-state index is 12.8. The summed E-state index contributed by atoms with van der Waals surface area (Å²) in [5.74, 6) is 0.405. The molecular weight excluding hydrogens is 234 g/mol. The number of hydrogen-bond acceptors (Lipinski definition) is 1. The lowest BCUT2D eigenvalue weighted by atomic mass is 9.74. The van der Waals surface area contributed by atoms with E-state index in [2.05, 4.69) is 57.2 Å². The maximum absolute atomic E-state index is 12.8. The average molecular weight is 253 g/mol. The first-order valence-electron chi connectivity index (χ1n) is 6.88. The molecule has 1 aliphatic carbocycles. The number of fused-ring (bicyclic) bond motifs is 3. The Balaban J connectivity index is 2.20. The van der Waals surface area contributed by atoms with Gasteiger partial charge in [-0.2, -0.15) is 0 Å². The molecule has 1 aliphatic heterocycles. The monoisotopic (exact) mass is 253 g/mol. The molecule has 2 aliphatic rings. The molecular formula is C17H19NO. The van der Waals surface area contributed by atoms with Crippen molar-refractivity contribution >= 4 is 11.6 Å². The lowest BCUT2D eigenvalue weighted by molar-refractivity contribution is -0.122. The Labute approximate surface area is 114 Å². The summed E-state index contributed by atoms with van der Waals surface area (Å²) in [5, 5.41) is 0. The highest BCUT2D eigenvalue weighted by molar-refractivity contribution is 6.01. The van der Waals surface area contributed by atoms with Crippen molar-refractivity contribution in [2.75, 3.05) is 4.90 Å². The van der Waals surface area contributed by atoms with E-state index in [0.717, 1.165) is 11.3 Å². The molecule has 0 N–H and O–H groups in total. The Kier molecular flexibility index (Phi) is 2.81. The number of carbonyl (C=O) groups excluding carboxylic acids is 1. The van der Waals surface area contributed by atoms with E-state index in [1.54, 1.807) is 0 Å². The maximum Gasteiger partial charge on any atom is 0.235 e. The highest BCUT2D eigenvalue weighted by atomic mass is 16.2. The summed E-state index contributed by atoms with van der Waals surface area (Å²) in [5.41, 5.74) is 3.50. The zero-order chi connectivity index (χ0) is 13.6. The Bertz CT molecular complexity index is 583. The molecule has 2 nitrogen and oxygen atoms in total. The smallest absolute Gasteiger partial charge is 0.235 e. The fraction of sp³-hybridized carbons (Fsp3) is 0.353. The summed E-state index contributed by atoms with van der Waals surface area (Å²) in [4.78, 5) is 14.8. The molecule has 0 saturated carbocycles. The molecule has 0 aromatic heterocycles. The first kappa shape index (κ1) is 12.2. The van der Waals surface area contributed by atoms with Gasteiger partial charge in [0, 0.05) is 17.6 Å². The van der Waals surface area contributed by atoms with Crippen molar-refractivity contribution in [3.8, 4) is 0 Å². The van der Waals surface area contributed by atoms with Crippen LogP contribution in [0.4, 0.5) is 5.69 Å². The van der Waals surface area contributed by atoms with E-state index in [4.69, 9.17) is 0 Å². The van der Waals surface area contributed by atoms with Gasteiger partial charge in [0.25, 0.3) is 0 Å². The van der Waals surface area contributed by atoms with E-state index in [-0.39, 0.29) is 23.8 Å². The Morgan fingerprint density at radius 2 is 1.95 bits per heavy atom. The third kappa shape index (κ3) is 1.74. The van der Waals surface area contributed by atoms with Crippen LogP contribution in [0.1, 0.15) is 32.3 Å². The van der Waals surface area contributed by atoms with E-state index < -0.39 is 0 Å². The topological polar surface area (TPSA) is 20.3 Å². The summed E-state index contributed by atoms with van der Waals surface area (Å²) in [6.07, 6.45) is 6.29. The summed E-state index contributed by atoms with van der Waals surface area (Å²) >= 11 is 0. The molecule has 0 spiro atoms. The van der Waals surface area contributed by atoms with Gasteiger partial charge in [0.05, 0.1) is 5.92 Å². The van der Waals surface area contributed by atoms with Gasteiger partial charge in [-0.1, -0.05) is 42.0 Å². The number of amides is 1. The van der Waals surface area contributed by atoms with Crippen molar-refractivity contribution in [3.63, 3.8) is 0 Å². The first-order chi connectivity index (χ1) is 9.11. The lowest BCUT2D eigenvalue weighted by Gasteiger charge is -2.41. The molecule has 0 saturated heterocycles. The molecule has 2 heteroatoms. The number of para-hydroxylation sites is 1. The second-order valence-electron chi connectivity index (χ2n) is 5.66. The van der Waals surface area contributed by atoms with E-state index in [9.17, 15) is 4.79 Å². The first-order valence-corrected chi connectivity index (χ1v) is 6.88. The van der Waals surface area contributed by atoms with E-state index in [1.165, 1.54) is 5.56 Å². The Morgan fingerprint density at radius 1 is 1.21 bits per heavy atom. The minimum Gasteiger partial charge on any atom is -0.309 e. The van der Waals surface area contributed by atoms with Gasteiger partial charge >= 0.3 is 0 Å². The second-order valence-corrected chi connectivity index (χ2v) is 5.66. The van der Waals surface area contributed by atoms with E-state index in [1.807, 2.05) is 11.0 Å². The molecule has 2 atom stereocenters.